The van der Waals surface area contributed by atoms with Gasteiger partial charge in [-0.1, -0.05) is 42.5 Å². The van der Waals surface area contributed by atoms with Crippen LogP contribution in [0.3, 0.4) is 0 Å². The average molecular weight is 574 g/mol. The number of nitrogens with one attached hydrogen (secondary N) is 2. The SMILES string of the molecule is CCOc1ccc(C(NC(=O)c2cc(OC3CCCC3)nc(-c3ccccc3)n2)C(=O)OC(=O)N2CCNCC2)cc1. The number of carbonyl (C=O) groups is 3. The number of ether oxygens (including phenoxy) is 3. The smallest absolute Gasteiger partial charge is 0.417 e. The van der Waals surface area contributed by atoms with E-state index < -0.39 is 24.0 Å². The maximum atomic E-state index is 13.7. The van der Waals surface area contributed by atoms with Crippen molar-refractivity contribution in [1.82, 2.24) is 25.5 Å². The maximum Gasteiger partial charge on any atom is 0.417 e. The highest BCUT2D eigenvalue weighted by atomic mass is 16.6. The lowest BCUT2D eigenvalue weighted by Gasteiger charge is -2.27. The molecule has 2 N–H and O–H groups in total. The number of esters is 1. The second-order valence-electron chi connectivity index (χ2n) is 10.1. The molecule has 1 saturated carbocycles. The summed E-state index contributed by atoms with van der Waals surface area (Å²) < 4.78 is 16.9. The number of piperazine rings is 1. The summed E-state index contributed by atoms with van der Waals surface area (Å²) in [5.74, 6) is -0.332. The fraction of sp³-hybridized carbons (Fsp3) is 0.387. The molecule has 1 aromatic heterocycles. The number of aromatic nitrogens is 2. The number of hydrogen-bond acceptors (Lipinski definition) is 9. The Balaban J connectivity index is 1.42. The van der Waals surface area contributed by atoms with Gasteiger partial charge in [-0.25, -0.2) is 14.6 Å². The summed E-state index contributed by atoms with van der Waals surface area (Å²) in [4.78, 5) is 50.3. The molecule has 0 radical (unpaired) electrons. The van der Waals surface area contributed by atoms with Crippen LogP contribution >= 0.6 is 0 Å². The van der Waals surface area contributed by atoms with Crippen LogP contribution in [0.2, 0.25) is 0 Å². The zero-order valence-electron chi connectivity index (χ0n) is 23.6. The highest BCUT2D eigenvalue weighted by molar-refractivity contribution is 5.97. The molecule has 2 heterocycles. The molecule has 1 saturated heterocycles. The molecule has 0 spiro atoms. The Hall–Kier alpha value is -4.51. The van der Waals surface area contributed by atoms with Gasteiger partial charge >= 0.3 is 12.1 Å². The maximum absolute atomic E-state index is 13.7. The van der Waals surface area contributed by atoms with Crippen LogP contribution in [-0.2, 0) is 9.53 Å². The van der Waals surface area contributed by atoms with Gasteiger partial charge in [0, 0.05) is 37.8 Å². The van der Waals surface area contributed by atoms with Crippen molar-refractivity contribution in [1.29, 1.82) is 0 Å². The monoisotopic (exact) mass is 573 g/mol. The number of amides is 2. The number of rotatable bonds is 9. The summed E-state index contributed by atoms with van der Waals surface area (Å²) in [6.07, 6.45) is 3.24. The lowest BCUT2D eigenvalue weighted by Crippen LogP contribution is -2.48. The topological polar surface area (TPSA) is 132 Å². The second-order valence-corrected chi connectivity index (χ2v) is 10.1. The first-order valence-electron chi connectivity index (χ1n) is 14.4. The molecule has 0 bridgehead atoms. The third-order valence-electron chi connectivity index (χ3n) is 7.16. The molecule has 2 aromatic carbocycles. The lowest BCUT2D eigenvalue weighted by atomic mass is 10.1. The Morgan fingerprint density at radius 1 is 1.00 bits per heavy atom. The predicted molar refractivity (Wildman–Crippen MR) is 154 cm³/mol. The lowest BCUT2D eigenvalue weighted by molar-refractivity contribution is -0.140. The standard InChI is InChI=1S/C31H35N5O6/c1-2-40-23-14-12-21(13-15-23)27(30(38)42-31(39)36-18-16-32-17-19-36)35-29(37)25-20-26(41-24-10-6-7-11-24)34-28(33-25)22-8-4-3-5-9-22/h3-5,8-9,12-15,20,24,27,32H,2,6-7,10-11,16-19H2,1H3,(H,35,37). The molecule has 2 amide bonds. The largest absolute Gasteiger partial charge is 0.494 e. The normalized spacial score (nSPS) is 16.0. The van der Waals surface area contributed by atoms with Gasteiger partial charge in [-0.2, -0.15) is 4.98 Å². The van der Waals surface area contributed by atoms with E-state index in [1.165, 1.54) is 11.0 Å². The molecule has 2 fully saturated rings. The molecule has 1 unspecified atom stereocenters. The zero-order valence-corrected chi connectivity index (χ0v) is 23.6. The summed E-state index contributed by atoms with van der Waals surface area (Å²) in [5.41, 5.74) is 1.16. The van der Waals surface area contributed by atoms with E-state index in [0.29, 0.717) is 55.5 Å². The van der Waals surface area contributed by atoms with Gasteiger partial charge in [0.1, 0.15) is 17.5 Å². The van der Waals surface area contributed by atoms with Crippen LogP contribution in [0, 0.1) is 0 Å². The van der Waals surface area contributed by atoms with Crippen molar-refractivity contribution in [2.75, 3.05) is 32.8 Å². The van der Waals surface area contributed by atoms with Crippen LogP contribution < -0.4 is 20.1 Å². The molecule has 2 aliphatic rings. The zero-order chi connectivity index (χ0) is 29.3. The van der Waals surface area contributed by atoms with Crippen molar-refractivity contribution >= 4 is 18.0 Å². The fourth-order valence-corrected chi connectivity index (χ4v) is 4.96. The average Bonchev–Trinajstić information content (AvgIpc) is 3.54. The van der Waals surface area contributed by atoms with Crippen molar-refractivity contribution in [3.05, 3.63) is 71.9 Å². The highest BCUT2D eigenvalue weighted by Crippen LogP contribution is 2.26. The summed E-state index contributed by atoms with van der Waals surface area (Å²) >= 11 is 0. The summed E-state index contributed by atoms with van der Waals surface area (Å²) in [5, 5.41) is 5.87. The van der Waals surface area contributed by atoms with Crippen LogP contribution in [0.15, 0.2) is 60.7 Å². The summed E-state index contributed by atoms with van der Waals surface area (Å²) in [7, 11) is 0. The van der Waals surface area contributed by atoms with Crippen molar-refractivity contribution in [2.45, 2.75) is 44.8 Å². The van der Waals surface area contributed by atoms with Gasteiger partial charge in [-0.3, -0.25) is 4.79 Å². The van der Waals surface area contributed by atoms with Gasteiger partial charge in [-0.15, -0.1) is 0 Å². The molecule has 11 heteroatoms. The van der Waals surface area contributed by atoms with Crippen LogP contribution in [0.25, 0.3) is 11.4 Å². The number of hydrogen-bond donors (Lipinski definition) is 2. The first-order valence-corrected chi connectivity index (χ1v) is 14.4. The van der Waals surface area contributed by atoms with E-state index in [0.717, 1.165) is 25.7 Å². The van der Waals surface area contributed by atoms with E-state index in [2.05, 4.69) is 20.6 Å². The molecular formula is C31H35N5O6. The van der Waals surface area contributed by atoms with Crippen LogP contribution in [0.1, 0.15) is 54.7 Å². The van der Waals surface area contributed by atoms with Crippen molar-refractivity contribution in [3.8, 4) is 23.0 Å². The van der Waals surface area contributed by atoms with E-state index in [9.17, 15) is 14.4 Å². The number of carbonyl (C=O) groups excluding carboxylic acids is 3. The first-order chi connectivity index (χ1) is 20.5. The van der Waals surface area contributed by atoms with E-state index in [-0.39, 0.29) is 17.7 Å². The van der Waals surface area contributed by atoms with Crippen LogP contribution in [-0.4, -0.2) is 71.7 Å². The summed E-state index contributed by atoms with van der Waals surface area (Å²) in [6, 6.07) is 16.2. The first kappa shape index (κ1) is 29.0. The Kier molecular flexibility index (Phi) is 9.60. The minimum atomic E-state index is -1.28. The molecule has 3 aromatic rings. The van der Waals surface area contributed by atoms with Gasteiger partial charge in [0.15, 0.2) is 11.9 Å². The van der Waals surface area contributed by atoms with Gasteiger partial charge in [-0.05, 0) is 50.3 Å². The van der Waals surface area contributed by atoms with Crippen molar-refractivity contribution < 1.29 is 28.6 Å². The fourth-order valence-electron chi connectivity index (χ4n) is 4.96. The van der Waals surface area contributed by atoms with Crippen molar-refractivity contribution in [2.24, 2.45) is 0 Å². The van der Waals surface area contributed by atoms with Crippen LogP contribution in [0.5, 0.6) is 11.6 Å². The van der Waals surface area contributed by atoms with Gasteiger partial charge in [0.25, 0.3) is 5.91 Å². The molecular weight excluding hydrogens is 538 g/mol. The van der Waals surface area contributed by atoms with E-state index in [1.54, 1.807) is 24.3 Å². The minimum absolute atomic E-state index is 0.0158. The second kappa shape index (κ2) is 13.9. The molecule has 11 nitrogen and oxygen atoms in total. The molecule has 220 valence electrons. The number of benzene rings is 2. The van der Waals surface area contributed by atoms with Gasteiger partial charge in [0.05, 0.1) is 6.61 Å². The third-order valence-corrected chi connectivity index (χ3v) is 7.16. The quantitative estimate of drug-likeness (QED) is 0.289. The third kappa shape index (κ3) is 7.41. The minimum Gasteiger partial charge on any atom is -0.494 e. The summed E-state index contributed by atoms with van der Waals surface area (Å²) in [6.45, 7) is 4.38. The molecule has 5 rings (SSSR count). The molecule has 1 aliphatic heterocycles. The van der Waals surface area contributed by atoms with Gasteiger partial charge < -0.3 is 29.7 Å². The Morgan fingerprint density at radius 3 is 2.40 bits per heavy atom. The highest BCUT2D eigenvalue weighted by Gasteiger charge is 2.30. The number of nitrogens with zero attached hydrogens (tertiary/aromatic N) is 3. The Morgan fingerprint density at radius 2 is 1.71 bits per heavy atom. The molecule has 42 heavy (non-hydrogen) atoms. The van der Waals surface area contributed by atoms with E-state index in [1.807, 2.05) is 37.3 Å². The Bertz CT molecular complexity index is 1370. The molecule has 1 atom stereocenters. The predicted octanol–water partition coefficient (Wildman–Crippen LogP) is 3.90. The van der Waals surface area contributed by atoms with E-state index in [4.69, 9.17) is 14.2 Å². The van der Waals surface area contributed by atoms with Crippen molar-refractivity contribution in [3.63, 3.8) is 0 Å². The van der Waals surface area contributed by atoms with Gasteiger partial charge in [0.2, 0.25) is 5.88 Å². The van der Waals surface area contributed by atoms with Crippen LogP contribution in [0.4, 0.5) is 4.79 Å². The Labute approximate surface area is 244 Å². The molecule has 1 aliphatic carbocycles. The van der Waals surface area contributed by atoms with E-state index >= 15 is 0 Å².